The molecule has 0 bridgehead atoms. The molecule has 2 amide bonds. The fraction of sp³-hybridized carbons (Fsp3) is 0.619. The molecule has 2 fully saturated rings. The minimum absolute atomic E-state index is 0.00652. The minimum atomic E-state index is -0.789. The Morgan fingerprint density at radius 2 is 1.83 bits per heavy atom. The molecule has 0 spiro atoms. The second-order valence-electron chi connectivity index (χ2n) is 15.9. The molecule has 0 unspecified atom stereocenters. The number of esters is 2. The zero-order chi connectivity index (χ0) is 39.1. The molecule has 3 aliphatic rings. The number of aromatic nitrogens is 1. The summed E-state index contributed by atoms with van der Waals surface area (Å²) in [5, 5.41) is 5.21. The van der Waals surface area contributed by atoms with Gasteiger partial charge in [0.2, 0.25) is 5.91 Å². The number of nitrogens with zero attached hydrogens (tertiary/aromatic N) is 3. The monoisotopic (exact) mass is 762 g/mol. The smallest absolute Gasteiger partial charge is 0.308 e. The maximum atomic E-state index is 14.2. The van der Waals surface area contributed by atoms with Crippen molar-refractivity contribution in [1.82, 2.24) is 20.1 Å². The lowest BCUT2D eigenvalue weighted by atomic mass is 9.88. The van der Waals surface area contributed by atoms with Crippen LogP contribution in [-0.4, -0.2) is 90.2 Å². The van der Waals surface area contributed by atoms with Crippen molar-refractivity contribution in [2.24, 2.45) is 23.7 Å². The summed E-state index contributed by atoms with van der Waals surface area (Å²) in [6.45, 7) is 8.08. The SMILES string of the molecule is COC(=O)[C@@H](C)C[C@H](Cc1ccc2c(c1)C=CC2)NC(=O)c1csc([C@@H](C[C@H](C(C)C)N(C)C(=O)[C@@H](CC(=O)[C@H]2CCCCN2C)C2CC2)OC(C)=O)n1. The van der Waals surface area contributed by atoms with E-state index in [1.807, 2.05) is 20.9 Å². The number of likely N-dealkylation sites (tertiary alicyclic amines) is 1. The number of Topliss-reactive ketones (excluding diaryl/α,β-unsaturated/α-hetero) is 1. The Morgan fingerprint density at radius 3 is 2.50 bits per heavy atom. The minimum Gasteiger partial charge on any atom is -0.469 e. The van der Waals surface area contributed by atoms with Crippen LogP contribution in [0.2, 0.25) is 0 Å². The molecule has 1 aromatic heterocycles. The van der Waals surface area contributed by atoms with Crippen LogP contribution in [0, 0.1) is 23.7 Å². The van der Waals surface area contributed by atoms with Gasteiger partial charge in [-0.25, -0.2) is 4.98 Å². The first-order chi connectivity index (χ1) is 25.7. The van der Waals surface area contributed by atoms with Gasteiger partial charge in [0.1, 0.15) is 10.7 Å². The standard InChI is InChI=1S/C42H58N4O7S/c1-25(2)36(46(6)41(50)33(30-16-17-30)22-37(48)35-13-8-9-18-45(35)5)23-38(53-27(4)47)40-44-34(24-54-40)39(49)43-32(19-26(3)42(51)52-7)21-28-14-15-29-11-10-12-31(29)20-28/h10,12,14-15,20,24-26,30,32-33,35-36,38H,8-9,11,13,16-19,21-23H2,1-7H3,(H,43,49)/t26-,32+,33-,35+,36+,38+/m0/s1. The van der Waals surface area contributed by atoms with Crippen LogP contribution in [0.3, 0.4) is 0 Å². The van der Waals surface area contributed by atoms with Gasteiger partial charge in [-0.15, -0.1) is 11.3 Å². The normalized spacial score (nSPS) is 19.7. The molecule has 11 nitrogen and oxygen atoms in total. The molecule has 6 atom stereocenters. The zero-order valence-corrected chi connectivity index (χ0v) is 33.8. The van der Waals surface area contributed by atoms with Crippen molar-refractivity contribution >= 4 is 46.9 Å². The van der Waals surface area contributed by atoms with Crippen molar-refractivity contribution in [3.63, 3.8) is 0 Å². The number of amides is 2. The second kappa shape index (κ2) is 18.6. The predicted octanol–water partition coefficient (Wildman–Crippen LogP) is 6.20. The average Bonchev–Trinajstić information content (AvgIpc) is 3.65. The fourth-order valence-electron chi connectivity index (χ4n) is 8.14. The summed E-state index contributed by atoms with van der Waals surface area (Å²) in [6, 6.07) is 5.46. The molecule has 1 saturated carbocycles. The van der Waals surface area contributed by atoms with E-state index in [2.05, 4.69) is 45.6 Å². The van der Waals surface area contributed by atoms with Crippen molar-refractivity contribution in [2.45, 2.75) is 116 Å². The van der Waals surface area contributed by atoms with E-state index in [-0.39, 0.29) is 72.1 Å². The van der Waals surface area contributed by atoms with Crippen molar-refractivity contribution in [3.05, 3.63) is 57.0 Å². The molecule has 2 heterocycles. The molecular weight excluding hydrogens is 705 g/mol. The maximum Gasteiger partial charge on any atom is 0.308 e. The van der Waals surface area contributed by atoms with Crippen LogP contribution in [0.4, 0.5) is 0 Å². The van der Waals surface area contributed by atoms with Crippen LogP contribution in [0.25, 0.3) is 6.08 Å². The molecule has 1 aromatic carbocycles. The number of methoxy groups -OCH3 is 1. The number of ether oxygens (including phenoxy) is 2. The van der Waals surface area contributed by atoms with Gasteiger partial charge < -0.3 is 19.7 Å². The Kier molecular flexibility index (Phi) is 14.2. The van der Waals surface area contributed by atoms with Crippen molar-refractivity contribution < 1.29 is 33.4 Å². The van der Waals surface area contributed by atoms with Crippen molar-refractivity contribution in [1.29, 1.82) is 0 Å². The molecule has 0 radical (unpaired) electrons. The van der Waals surface area contributed by atoms with Gasteiger partial charge in [-0.3, -0.25) is 28.9 Å². The number of fused-ring (bicyclic) bond motifs is 1. The first-order valence-corrected chi connectivity index (χ1v) is 20.4. The molecule has 1 saturated heterocycles. The quantitative estimate of drug-likeness (QED) is 0.176. The van der Waals surface area contributed by atoms with Crippen LogP contribution < -0.4 is 5.32 Å². The first kappa shape index (κ1) is 41.3. The highest BCUT2D eigenvalue weighted by Gasteiger charge is 2.42. The van der Waals surface area contributed by atoms with E-state index in [4.69, 9.17) is 9.47 Å². The van der Waals surface area contributed by atoms with Crippen LogP contribution in [0.15, 0.2) is 29.7 Å². The van der Waals surface area contributed by atoms with Gasteiger partial charge in [0.15, 0.2) is 11.9 Å². The van der Waals surface area contributed by atoms with Crippen LogP contribution in [0.1, 0.15) is 117 Å². The number of carbonyl (C=O) groups excluding carboxylic acids is 5. The largest absolute Gasteiger partial charge is 0.469 e. The number of benzene rings is 1. The molecule has 12 heteroatoms. The molecule has 294 valence electrons. The molecule has 2 aromatic rings. The number of rotatable bonds is 18. The van der Waals surface area contributed by atoms with Gasteiger partial charge in [0.05, 0.1) is 19.1 Å². The van der Waals surface area contributed by atoms with E-state index in [0.717, 1.165) is 56.2 Å². The Morgan fingerprint density at radius 1 is 1.07 bits per heavy atom. The van der Waals surface area contributed by atoms with Crippen molar-refractivity contribution in [2.75, 3.05) is 27.7 Å². The van der Waals surface area contributed by atoms with E-state index in [1.54, 1.807) is 24.3 Å². The first-order valence-electron chi connectivity index (χ1n) is 19.5. The van der Waals surface area contributed by atoms with Gasteiger partial charge in [-0.2, -0.15) is 0 Å². The highest BCUT2D eigenvalue weighted by atomic mass is 32.1. The molecule has 1 N–H and O–H groups in total. The fourth-order valence-corrected chi connectivity index (χ4v) is 8.98. The van der Waals surface area contributed by atoms with Gasteiger partial charge in [0.25, 0.3) is 5.91 Å². The Hall–Kier alpha value is -3.90. The average molecular weight is 763 g/mol. The van der Waals surface area contributed by atoms with Gasteiger partial charge in [-0.05, 0) is 87.1 Å². The number of carbonyl (C=O) groups is 5. The summed E-state index contributed by atoms with van der Waals surface area (Å²) in [7, 11) is 5.14. The number of ketones is 1. The van der Waals surface area contributed by atoms with Gasteiger partial charge >= 0.3 is 11.9 Å². The predicted molar refractivity (Wildman–Crippen MR) is 209 cm³/mol. The summed E-state index contributed by atoms with van der Waals surface area (Å²) in [6.07, 6.45) is 10.6. The summed E-state index contributed by atoms with van der Waals surface area (Å²) < 4.78 is 10.8. The van der Waals surface area contributed by atoms with E-state index < -0.39 is 23.9 Å². The summed E-state index contributed by atoms with van der Waals surface area (Å²) in [4.78, 5) is 74.7. The number of nitrogens with one attached hydrogen (secondary N) is 1. The Bertz CT molecular complexity index is 1700. The highest BCUT2D eigenvalue weighted by molar-refractivity contribution is 7.09. The Labute approximate surface area is 324 Å². The summed E-state index contributed by atoms with van der Waals surface area (Å²) in [5.41, 5.74) is 3.65. The number of hydrogen-bond donors (Lipinski definition) is 1. The number of piperidine rings is 1. The molecular formula is C42H58N4O7S. The molecule has 2 aliphatic carbocycles. The summed E-state index contributed by atoms with van der Waals surface area (Å²) in [5.74, 6) is -1.72. The van der Waals surface area contributed by atoms with Crippen LogP contribution >= 0.6 is 11.3 Å². The van der Waals surface area contributed by atoms with E-state index in [9.17, 15) is 24.0 Å². The van der Waals surface area contributed by atoms with E-state index >= 15 is 0 Å². The third kappa shape index (κ3) is 10.6. The lowest BCUT2D eigenvalue weighted by molar-refractivity contribution is -0.149. The third-order valence-corrected chi connectivity index (χ3v) is 12.3. The van der Waals surface area contributed by atoms with E-state index in [0.29, 0.717) is 17.8 Å². The van der Waals surface area contributed by atoms with Crippen LogP contribution in [0.5, 0.6) is 0 Å². The lowest BCUT2D eigenvalue weighted by Gasteiger charge is -2.36. The van der Waals surface area contributed by atoms with Gasteiger partial charge in [0, 0.05) is 50.2 Å². The lowest BCUT2D eigenvalue weighted by Crippen LogP contribution is -2.47. The highest BCUT2D eigenvalue weighted by Crippen LogP contribution is 2.41. The van der Waals surface area contributed by atoms with E-state index in [1.165, 1.54) is 30.9 Å². The topological polar surface area (TPSA) is 135 Å². The zero-order valence-electron chi connectivity index (χ0n) is 33.0. The van der Waals surface area contributed by atoms with Crippen molar-refractivity contribution in [3.8, 4) is 0 Å². The van der Waals surface area contributed by atoms with Gasteiger partial charge in [-0.1, -0.05) is 57.5 Å². The number of allylic oxidation sites excluding steroid dienone is 1. The number of hydrogen-bond acceptors (Lipinski definition) is 10. The maximum absolute atomic E-state index is 14.2. The molecule has 1 aliphatic heterocycles. The number of likely N-dealkylation sites (N-methyl/N-ethyl adjacent to an activating group) is 1. The Balaban J connectivity index is 1.30. The summed E-state index contributed by atoms with van der Waals surface area (Å²) >= 11 is 1.23. The molecule has 54 heavy (non-hydrogen) atoms. The second-order valence-corrected chi connectivity index (χ2v) is 16.8. The number of thiazole rings is 1. The molecule has 5 rings (SSSR count). The third-order valence-electron chi connectivity index (χ3n) is 11.4. The van der Waals surface area contributed by atoms with Crippen LogP contribution in [-0.2, 0) is 41.5 Å².